The molecule has 0 bridgehead atoms. The Kier molecular flexibility index (Phi) is 5.48. The second-order valence-corrected chi connectivity index (χ2v) is 4.44. The number of carbonyl (C=O) groups is 2. The van der Waals surface area contributed by atoms with Crippen LogP contribution in [-0.4, -0.2) is 23.5 Å². The summed E-state index contributed by atoms with van der Waals surface area (Å²) in [5.74, 6) is -3.11. The highest BCUT2D eigenvalue weighted by Gasteiger charge is 2.32. The van der Waals surface area contributed by atoms with Crippen molar-refractivity contribution in [2.45, 2.75) is 26.1 Å². The van der Waals surface area contributed by atoms with Crippen LogP contribution in [0, 0.1) is 5.92 Å². The Morgan fingerprint density at radius 2 is 1.76 bits per heavy atom. The average molecular weight is 304 g/mol. The van der Waals surface area contributed by atoms with Gasteiger partial charge in [-0.25, -0.2) is 4.79 Å². The number of ketones is 1. The van der Waals surface area contributed by atoms with Gasteiger partial charge in [0.1, 0.15) is 0 Å². The summed E-state index contributed by atoms with van der Waals surface area (Å²) in [5, 5.41) is 9.96. The number of halogens is 3. The first-order valence-electron chi connectivity index (χ1n) is 6.24. The number of Topliss-reactive ketones (excluding diaryl/α,β-unsaturated/α-hetero) is 1. The summed E-state index contributed by atoms with van der Waals surface area (Å²) in [6, 6.07) is 3.76. The zero-order chi connectivity index (χ0) is 16.2. The van der Waals surface area contributed by atoms with Gasteiger partial charge in [0.05, 0.1) is 24.2 Å². The molecule has 7 heteroatoms. The highest BCUT2D eigenvalue weighted by molar-refractivity contribution is 6.34. The first kappa shape index (κ1) is 17.2. The van der Waals surface area contributed by atoms with Crippen molar-refractivity contribution >= 4 is 11.8 Å². The molecule has 0 aliphatic carbocycles. The van der Waals surface area contributed by atoms with E-state index in [0.29, 0.717) is 0 Å². The molecule has 1 N–H and O–H groups in total. The van der Waals surface area contributed by atoms with Crippen LogP contribution in [0.5, 0.6) is 0 Å². The number of esters is 1. The zero-order valence-electron chi connectivity index (χ0n) is 11.5. The summed E-state index contributed by atoms with van der Waals surface area (Å²) >= 11 is 0. The molecule has 0 aliphatic rings. The Balaban J connectivity index is 2.85. The predicted molar refractivity (Wildman–Crippen MR) is 67.2 cm³/mol. The molecule has 116 valence electrons. The van der Waals surface area contributed by atoms with Crippen LogP contribution in [0.4, 0.5) is 13.2 Å². The molecule has 0 aliphatic heterocycles. The van der Waals surface area contributed by atoms with Gasteiger partial charge in [-0.15, -0.1) is 0 Å². The van der Waals surface area contributed by atoms with Crippen LogP contribution in [0.15, 0.2) is 24.3 Å². The van der Waals surface area contributed by atoms with Crippen LogP contribution in [0.2, 0.25) is 0 Å². The number of aliphatic hydroxyl groups excluding tert-OH is 1. The van der Waals surface area contributed by atoms with Crippen molar-refractivity contribution in [2.75, 3.05) is 6.61 Å². The van der Waals surface area contributed by atoms with Crippen LogP contribution in [-0.2, 0) is 20.5 Å². The molecule has 0 radical (unpaired) electrons. The maximum Gasteiger partial charge on any atom is 0.416 e. The van der Waals surface area contributed by atoms with Crippen molar-refractivity contribution in [3.63, 3.8) is 0 Å². The van der Waals surface area contributed by atoms with Crippen LogP contribution in [0.3, 0.4) is 0 Å². The molecule has 0 spiro atoms. The summed E-state index contributed by atoms with van der Waals surface area (Å²) in [5.41, 5.74) is -0.740. The molecular formula is C14H15F3O4. The van der Waals surface area contributed by atoms with E-state index < -0.39 is 35.5 Å². The van der Waals surface area contributed by atoms with Crippen LogP contribution >= 0.6 is 0 Å². The molecule has 1 aromatic carbocycles. The third-order valence-corrected chi connectivity index (χ3v) is 2.94. The Morgan fingerprint density at radius 1 is 1.24 bits per heavy atom. The summed E-state index contributed by atoms with van der Waals surface area (Å²) in [6.45, 7) is 2.86. The summed E-state index contributed by atoms with van der Waals surface area (Å²) in [6.07, 6.45) is -5.86. The van der Waals surface area contributed by atoms with Crippen LogP contribution in [0.1, 0.15) is 31.1 Å². The molecule has 0 amide bonds. The number of aliphatic hydroxyl groups is 1. The van der Waals surface area contributed by atoms with Gasteiger partial charge < -0.3 is 9.84 Å². The van der Waals surface area contributed by atoms with E-state index in [0.717, 1.165) is 24.3 Å². The van der Waals surface area contributed by atoms with E-state index in [9.17, 15) is 27.9 Å². The van der Waals surface area contributed by atoms with Gasteiger partial charge in [-0.05, 0) is 24.6 Å². The molecule has 0 heterocycles. The molecule has 2 unspecified atom stereocenters. The quantitative estimate of drug-likeness (QED) is 0.670. The second-order valence-electron chi connectivity index (χ2n) is 4.44. The second kappa shape index (κ2) is 6.71. The average Bonchev–Trinajstić information content (AvgIpc) is 2.44. The molecule has 0 saturated carbocycles. The largest absolute Gasteiger partial charge is 0.460 e. The zero-order valence-corrected chi connectivity index (χ0v) is 11.5. The maximum atomic E-state index is 12.4. The smallest absolute Gasteiger partial charge is 0.416 e. The number of carbonyl (C=O) groups excluding carboxylic acids is 2. The Morgan fingerprint density at radius 3 is 2.19 bits per heavy atom. The molecule has 0 fully saturated rings. The lowest BCUT2D eigenvalue weighted by Crippen LogP contribution is -2.28. The minimum absolute atomic E-state index is 0.0215. The molecule has 4 nitrogen and oxygen atoms in total. The number of ether oxygens (including phenoxy) is 1. The van der Waals surface area contributed by atoms with E-state index in [1.807, 2.05) is 0 Å². The normalized spacial score (nSPS) is 14.4. The fourth-order valence-electron chi connectivity index (χ4n) is 1.69. The lowest BCUT2D eigenvalue weighted by molar-refractivity contribution is -0.156. The minimum Gasteiger partial charge on any atom is -0.460 e. The van der Waals surface area contributed by atoms with Crippen molar-refractivity contribution in [2.24, 2.45) is 5.92 Å². The lowest BCUT2D eigenvalue weighted by Gasteiger charge is -2.18. The van der Waals surface area contributed by atoms with E-state index in [1.165, 1.54) is 13.8 Å². The lowest BCUT2D eigenvalue weighted by atomic mass is 9.93. The molecule has 1 aromatic rings. The van der Waals surface area contributed by atoms with Gasteiger partial charge in [0, 0.05) is 0 Å². The first-order valence-corrected chi connectivity index (χ1v) is 6.24. The molecule has 1 rings (SSSR count). The van der Waals surface area contributed by atoms with Crippen molar-refractivity contribution in [3.05, 3.63) is 35.4 Å². The van der Waals surface area contributed by atoms with E-state index in [1.54, 1.807) is 0 Å². The van der Waals surface area contributed by atoms with Crippen LogP contribution < -0.4 is 0 Å². The monoisotopic (exact) mass is 304 g/mol. The molecule has 2 atom stereocenters. The van der Waals surface area contributed by atoms with E-state index in [-0.39, 0.29) is 12.2 Å². The number of alkyl halides is 3. The van der Waals surface area contributed by atoms with Gasteiger partial charge in [0.15, 0.2) is 0 Å². The fourth-order valence-corrected chi connectivity index (χ4v) is 1.69. The standard InChI is InChI=1S/C14H15F3O4/c1-3-21-13(20)12(19)8(2)11(18)9-4-6-10(7-5-9)14(15,16)17/h4-8,11,18H,3H2,1-2H3. The number of benzene rings is 1. The van der Waals surface area contributed by atoms with Crippen molar-refractivity contribution < 1.29 is 32.6 Å². The van der Waals surface area contributed by atoms with Gasteiger partial charge in [0.25, 0.3) is 0 Å². The summed E-state index contributed by atoms with van der Waals surface area (Å²) in [4.78, 5) is 22.9. The van der Waals surface area contributed by atoms with Crippen molar-refractivity contribution in [1.29, 1.82) is 0 Å². The van der Waals surface area contributed by atoms with Gasteiger partial charge in [-0.3, -0.25) is 4.79 Å². The highest BCUT2D eigenvalue weighted by atomic mass is 19.4. The maximum absolute atomic E-state index is 12.4. The fraction of sp³-hybridized carbons (Fsp3) is 0.429. The van der Waals surface area contributed by atoms with Gasteiger partial charge in [-0.1, -0.05) is 19.1 Å². The molecular weight excluding hydrogens is 289 g/mol. The number of rotatable bonds is 5. The molecule has 0 saturated heterocycles. The summed E-state index contributed by atoms with van der Waals surface area (Å²) in [7, 11) is 0. The first-order chi connectivity index (χ1) is 9.68. The Bertz CT molecular complexity index is 508. The topological polar surface area (TPSA) is 63.6 Å². The Hall–Kier alpha value is -1.89. The van der Waals surface area contributed by atoms with E-state index in [2.05, 4.69) is 4.74 Å². The van der Waals surface area contributed by atoms with E-state index >= 15 is 0 Å². The van der Waals surface area contributed by atoms with Gasteiger partial charge in [-0.2, -0.15) is 13.2 Å². The SMILES string of the molecule is CCOC(=O)C(=O)C(C)C(O)c1ccc(C(F)(F)F)cc1. The molecule has 21 heavy (non-hydrogen) atoms. The number of hydrogen-bond donors (Lipinski definition) is 1. The van der Waals surface area contributed by atoms with Crippen molar-refractivity contribution in [3.8, 4) is 0 Å². The Labute approximate surface area is 119 Å². The van der Waals surface area contributed by atoms with Crippen LogP contribution in [0.25, 0.3) is 0 Å². The van der Waals surface area contributed by atoms with Gasteiger partial charge >= 0.3 is 12.1 Å². The molecule has 0 aromatic heterocycles. The van der Waals surface area contributed by atoms with E-state index in [4.69, 9.17) is 0 Å². The summed E-state index contributed by atoms with van der Waals surface area (Å²) < 4.78 is 41.8. The predicted octanol–water partition coefficient (Wildman–Crippen LogP) is 2.51. The van der Waals surface area contributed by atoms with Crippen molar-refractivity contribution in [1.82, 2.24) is 0 Å². The third-order valence-electron chi connectivity index (χ3n) is 2.94. The third kappa shape index (κ3) is 4.29. The number of hydrogen-bond acceptors (Lipinski definition) is 4. The highest BCUT2D eigenvalue weighted by Crippen LogP contribution is 2.31. The minimum atomic E-state index is -4.48. The van der Waals surface area contributed by atoms with Gasteiger partial charge in [0.2, 0.25) is 5.78 Å².